The van der Waals surface area contributed by atoms with Crippen LogP contribution in [0.4, 0.5) is 0 Å². The van der Waals surface area contributed by atoms with E-state index in [-0.39, 0.29) is 6.61 Å². The van der Waals surface area contributed by atoms with Crippen molar-refractivity contribution >= 4 is 0 Å². The van der Waals surface area contributed by atoms with Crippen LogP contribution in [-0.4, -0.2) is 149 Å². The molecule has 0 amide bonds. The van der Waals surface area contributed by atoms with E-state index in [0.29, 0.717) is 59.3 Å². The number of aliphatic hydroxyl groups excluding tert-OH is 3. The van der Waals surface area contributed by atoms with Gasteiger partial charge in [-0.25, -0.2) is 0 Å². The second kappa shape index (κ2) is 21.5. The molecule has 0 spiro atoms. The first-order valence-electron chi connectivity index (χ1n) is 11.6. The van der Waals surface area contributed by atoms with E-state index in [9.17, 15) is 10.2 Å². The molecule has 9 heteroatoms. The maximum atomic E-state index is 10.4. The summed E-state index contributed by atoms with van der Waals surface area (Å²) in [6, 6.07) is 0. The second-order valence-electron chi connectivity index (χ2n) is 8.52. The summed E-state index contributed by atoms with van der Waals surface area (Å²) in [7, 11) is 8.13. The molecule has 0 bridgehead atoms. The van der Waals surface area contributed by atoms with Gasteiger partial charge in [0.1, 0.15) is 0 Å². The normalized spacial score (nSPS) is 14.1. The average molecular weight is 452 g/mol. The minimum absolute atomic E-state index is 0.0221. The highest BCUT2D eigenvalue weighted by atomic mass is 16.5. The lowest BCUT2D eigenvalue weighted by Gasteiger charge is -2.27. The largest absolute Gasteiger partial charge is 0.394 e. The first kappa shape index (κ1) is 30.6. The van der Waals surface area contributed by atoms with Crippen LogP contribution < -0.4 is 0 Å². The van der Waals surface area contributed by atoms with E-state index in [0.717, 1.165) is 38.8 Å². The molecular formula is C22H49N3O6. The van der Waals surface area contributed by atoms with E-state index < -0.39 is 12.2 Å². The van der Waals surface area contributed by atoms with Crippen LogP contribution in [0.2, 0.25) is 0 Å². The number of hydrogen-bond donors (Lipinski definition) is 3. The molecule has 0 aliphatic heterocycles. The number of rotatable bonds is 23. The van der Waals surface area contributed by atoms with Gasteiger partial charge >= 0.3 is 0 Å². The highest BCUT2D eigenvalue weighted by Crippen LogP contribution is 2.06. The first-order chi connectivity index (χ1) is 14.8. The van der Waals surface area contributed by atoms with E-state index in [1.54, 1.807) is 0 Å². The van der Waals surface area contributed by atoms with E-state index in [2.05, 4.69) is 14.7 Å². The van der Waals surface area contributed by atoms with Crippen LogP contribution >= 0.6 is 0 Å². The van der Waals surface area contributed by atoms with Gasteiger partial charge in [-0.3, -0.25) is 4.90 Å². The van der Waals surface area contributed by atoms with Gasteiger partial charge in [0.15, 0.2) is 0 Å². The van der Waals surface area contributed by atoms with E-state index >= 15 is 0 Å². The summed E-state index contributed by atoms with van der Waals surface area (Å²) in [6.45, 7) is 6.46. The molecule has 0 aromatic rings. The molecule has 31 heavy (non-hydrogen) atoms. The SMILES string of the molecule is CN(C)CCCC(O)CN(CCOCCOCCOCCO)CC(O)CCCN(C)C. The molecule has 0 heterocycles. The van der Waals surface area contributed by atoms with E-state index in [1.807, 2.05) is 28.2 Å². The van der Waals surface area contributed by atoms with Crippen LogP contribution in [-0.2, 0) is 14.2 Å². The highest BCUT2D eigenvalue weighted by Gasteiger charge is 2.16. The fourth-order valence-corrected chi connectivity index (χ4v) is 3.12. The van der Waals surface area contributed by atoms with Crippen molar-refractivity contribution in [1.29, 1.82) is 0 Å². The fraction of sp³-hybridized carbons (Fsp3) is 1.00. The van der Waals surface area contributed by atoms with Crippen molar-refractivity contribution in [1.82, 2.24) is 14.7 Å². The molecular weight excluding hydrogens is 402 g/mol. The fourth-order valence-electron chi connectivity index (χ4n) is 3.12. The molecule has 0 saturated carbocycles. The summed E-state index contributed by atoms with van der Waals surface area (Å²) in [5, 5.41) is 29.5. The van der Waals surface area contributed by atoms with Gasteiger partial charge in [-0.05, 0) is 67.0 Å². The third kappa shape index (κ3) is 22.6. The monoisotopic (exact) mass is 451 g/mol. The van der Waals surface area contributed by atoms with Gasteiger partial charge in [0.2, 0.25) is 0 Å². The van der Waals surface area contributed by atoms with Gasteiger partial charge in [0.25, 0.3) is 0 Å². The summed E-state index contributed by atoms with van der Waals surface area (Å²) in [5.74, 6) is 0. The van der Waals surface area contributed by atoms with Gasteiger partial charge in [0.05, 0.1) is 58.5 Å². The Morgan fingerprint density at radius 3 is 1.45 bits per heavy atom. The lowest BCUT2D eigenvalue weighted by atomic mass is 10.1. The molecule has 0 rings (SSSR count). The van der Waals surface area contributed by atoms with Gasteiger partial charge < -0.3 is 39.3 Å². The first-order valence-corrected chi connectivity index (χ1v) is 11.6. The van der Waals surface area contributed by atoms with Gasteiger partial charge in [-0.15, -0.1) is 0 Å². The second-order valence-corrected chi connectivity index (χ2v) is 8.52. The molecule has 0 radical (unpaired) electrons. The molecule has 3 N–H and O–H groups in total. The maximum Gasteiger partial charge on any atom is 0.0701 e. The van der Waals surface area contributed by atoms with Crippen LogP contribution in [0.25, 0.3) is 0 Å². The molecule has 188 valence electrons. The molecule has 0 saturated heterocycles. The highest BCUT2D eigenvalue weighted by molar-refractivity contribution is 4.70. The molecule has 2 atom stereocenters. The number of nitrogens with zero attached hydrogens (tertiary/aromatic N) is 3. The van der Waals surface area contributed by atoms with Gasteiger partial charge in [-0.2, -0.15) is 0 Å². The predicted molar refractivity (Wildman–Crippen MR) is 124 cm³/mol. The van der Waals surface area contributed by atoms with Crippen molar-refractivity contribution in [2.45, 2.75) is 37.9 Å². The molecule has 0 aliphatic carbocycles. The van der Waals surface area contributed by atoms with Crippen molar-refractivity contribution in [3.05, 3.63) is 0 Å². The number of ether oxygens (including phenoxy) is 3. The van der Waals surface area contributed by atoms with Crippen LogP contribution in [0, 0.1) is 0 Å². The molecule has 2 unspecified atom stereocenters. The van der Waals surface area contributed by atoms with E-state index in [4.69, 9.17) is 19.3 Å². The van der Waals surface area contributed by atoms with Crippen LogP contribution in [0.15, 0.2) is 0 Å². The van der Waals surface area contributed by atoms with Crippen molar-refractivity contribution in [3.8, 4) is 0 Å². The quantitative estimate of drug-likeness (QED) is 0.181. The number of aliphatic hydroxyl groups is 3. The van der Waals surface area contributed by atoms with Crippen molar-refractivity contribution in [2.24, 2.45) is 0 Å². The molecule has 0 aromatic heterocycles. The lowest BCUT2D eigenvalue weighted by molar-refractivity contribution is -0.00127. The average Bonchev–Trinajstić information content (AvgIpc) is 2.68. The Labute approximate surface area is 189 Å². The van der Waals surface area contributed by atoms with Crippen LogP contribution in [0.5, 0.6) is 0 Å². The molecule has 0 fully saturated rings. The summed E-state index contributed by atoms with van der Waals surface area (Å²) in [4.78, 5) is 6.34. The van der Waals surface area contributed by atoms with Crippen molar-refractivity contribution in [3.63, 3.8) is 0 Å². The summed E-state index contributed by atoms with van der Waals surface area (Å²) >= 11 is 0. The van der Waals surface area contributed by atoms with Crippen LogP contribution in [0.1, 0.15) is 25.7 Å². The van der Waals surface area contributed by atoms with Gasteiger partial charge in [-0.1, -0.05) is 0 Å². The van der Waals surface area contributed by atoms with Crippen molar-refractivity contribution in [2.75, 3.05) is 107 Å². The number of hydrogen-bond acceptors (Lipinski definition) is 9. The van der Waals surface area contributed by atoms with Crippen molar-refractivity contribution < 1.29 is 29.5 Å². The predicted octanol–water partition coefficient (Wildman–Crippen LogP) is -0.264. The summed E-state index contributed by atoms with van der Waals surface area (Å²) in [6.07, 6.45) is 2.58. The van der Waals surface area contributed by atoms with Gasteiger partial charge in [0, 0.05) is 19.6 Å². The maximum absolute atomic E-state index is 10.4. The Morgan fingerprint density at radius 2 is 1.03 bits per heavy atom. The van der Waals surface area contributed by atoms with Crippen LogP contribution in [0.3, 0.4) is 0 Å². The molecule has 9 nitrogen and oxygen atoms in total. The van der Waals surface area contributed by atoms with E-state index in [1.165, 1.54) is 0 Å². The zero-order chi connectivity index (χ0) is 23.3. The molecule has 0 aliphatic rings. The zero-order valence-electron chi connectivity index (χ0n) is 20.4. The minimum atomic E-state index is -0.406. The Kier molecular flexibility index (Phi) is 21.2. The Morgan fingerprint density at radius 1 is 0.613 bits per heavy atom. The lowest BCUT2D eigenvalue weighted by Crippen LogP contribution is -2.40. The summed E-state index contributed by atoms with van der Waals surface area (Å²) < 4.78 is 16.2. The molecule has 0 aromatic carbocycles. The Balaban J connectivity index is 4.15. The third-order valence-corrected chi connectivity index (χ3v) is 4.75. The summed E-state index contributed by atoms with van der Waals surface area (Å²) in [5.41, 5.74) is 0. The topological polar surface area (TPSA) is 98.1 Å². The Bertz CT molecular complexity index is 355. The zero-order valence-corrected chi connectivity index (χ0v) is 20.4. The smallest absolute Gasteiger partial charge is 0.0701 e. The third-order valence-electron chi connectivity index (χ3n) is 4.75. The standard InChI is InChI=1S/C22H49N3O6/c1-23(2)9-5-7-21(27)19-25(20-22(28)8-6-10-24(3)4)11-13-29-15-17-31-18-16-30-14-12-26/h21-22,26-28H,5-20H2,1-4H3. The Hall–Kier alpha value is -0.360. The minimum Gasteiger partial charge on any atom is -0.394 e.